The Labute approximate surface area is 141 Å². The molecular weight excluding hydrogens is 300 g/mol. The molecule has 1 atom stereocenters. The lowest BCUT2D eigenvalue weighted by Gasteiger charge is -2.25. The van der Waals surface area contributed by atoms with Crippen LogP contribution in [-0.4, -0.2) is 37.1 Å². The van der Waals surface area contributed by atoms with Crippen LogP contribution in [-0.2, 0) is 19.7 Å². The number of benzene rings is 1. The zero-order valence-electron chi connectivity index (χ0n) is 13.7. The summed E-state index contributed by atoms with van der Waals surface area (Å²) in [4.78, 5) is 11.5. The third-order valence-corrected chi connectivity index (χ3v) is 4.85. The molecule has 1 aromatic carbocycles. The minimum atomic E-state index is -0.0538. The SMILES string of the molecule is OCc1nc2cccnc2n1C[C@@H]1CCCN1Cc1ccccc1. The Hall–Kier alpha value is -2.24. The van der Waals surface area contributed by atoms with Gasteiger partial charge in [-0.25, -0.2) is 9.97 Å². The first-order valence-electron chi connectivity index (χ1n) is 8.54. The van der Waals surface area contributed by atoms with E-state index in [1.54, 1.807) is 6.20 Å². The quantitative estimate of drug-likeness (QED) is 0.784. The normalized spacial score (nSPS) is 18.5. The number of likely N-dealkylation sites (tertiary alicyclic amines) is 1. The molecule has 0 amide bonds. The van der Waals surface area contributed by atoms with E-state index in [0.717, 1.165) is 30.8 Å². The second-order valence-electron chi connectivity index (χ2n) is 6.40. The minimum absolute atomic E-state index is 0.0538. The van der Waals surface area contributed by atoms with Crippen molar-refractivity contribution in [3.05, 3.63) is 60.0 Å². The average molecular weight is 322 g/mol. The lowest BCUT2D eigenvalue weighted by Crippen LogP contribution is -2.33. The second kappa shape index (κ2) is 6.71. The van der Waals surface area contributed by atoms with Crippen LogP contribution in [0.25, 0.3) is 11.2 Å². The van der Waals surface area contributed by atoms with Crippen molar-refractivity contribution < 1.29 is 5.11 Å². The number of hydrogen-bond donors (Lipinski definition) is 1. The molecule has 0 radical (unpaired) electrons. The highest BCUT2D eigenvalue weighted by Gasteiger charge is 2.26. The summed E-state index contributed by atoms with van der Waals surface area (Å²) >= 11 is 0. The van der Waals surface area contributed by atoms with Crippen molar-refractivity contribution >= 4 is 11.2 Å². The minimum Gasteiger partial charge on any atom is -0.388 e. The Bertz CT molecular complexity index is 815. The summed E-state index contributed by atoms with van der Waals surface area (Å²) in [5, 5.41) is 9.67. The molecule has 0 bridgehead atoms. The first-order chi connectivity index (χ1) is 11.8. The first-order valence-corrected chi connectivity index (χ1v) is 8.54. The molecule has 2 aromatic heterocycles. The van der Waals surface area contributed by atoms with Crippen LogP contribution in [0.15, 0.2) is 48.7 Å². The molecule has 1 aliphatic heterocycles. The molecule has 4 rings (SSSR count). The van der Waals surface area contributed by atoms with E-state index < -0.39 is 0 Å². The van der Waals surface area contributed by atoms with Crippen molar-refractivity contribution in [1.29, 1.82) is 0 Å². The Morgan fingerprint density at radius 1 is 1.12 bits per heavy atom. The monoisotopic (exact) mass is 322 g/mol. The van der Waals surface area contributed by atoms with Gasteiger partial charge in [0.1, 0.15) is 17.9 Å². The van der Waals surface area contributed by atoms with Gasteiger partial charge in [0.05, 0.1) is 0 Å². The first kappa shape index (κ1) is 15.3. The van der Waals surface area contributed by atoms with Crippen molar-refractivity contribution in [1.82, 2.24) is 19.4 Å². The summed E-state index contributed by atoms with van der Waals surface area (Å²) in [6.07, 6.45) is 4.17. The third kappa shape index (κ3) is 2.92. The van der Waals surface area contributed by atoms with E-state index in [2.05, 4.69) is 49.8 Å². The maximum absolute atomic E-state index is 9.67. The Morgan fingerprint density at radius 2 is 2.00 bits per heavy atom. The predicted octanol–water partition coefficient (Wildman–Crippen LogP) is 2.59. The third-order valence-electron chi connectivity index (χ3n) is 4.85. The summed E-state index contributed by atoms with van der Waals surface area (Å²) < 4.78 is 2.09. The van der Waals surface area contributed by atoms with Crippen molar-refractivity contribution in [3.8, 4) is 0 Å². The summed E-state index contributed by atoms with van der Waals surface area (Å²) in [7, 11) is 0. The molecule has 1 fully saturated rings. The maximum atomic E-state index is 9.67. The summed E-state index contributed by atoms with van der Waals surface area (Å²) in [5.74, 6) is 0.704. The molecule has 124 valence electrons. The number of rotatable bonds is 5. The van der Waals surface area contributed by atoms with E-state index in [-0.39, 0.29) is 6.61 Å². The van der Waals surface area contributed by atoms with Gasteiger partial charge in [-0.15, -0.1) is 0 Å². The van der Waals surface area contributed by atoms with E-state index in [4.69, 9.17) is 0 Å². The molecule has 24 heavy (non-hydrogen) atoms. The van der Waals surface area contributed by atoms with Gasteiger partial charge in [-0.2, -0.15) is 0 Å². The van der Waals surface area contributed by atoms with Crippen molar-refractivity contribution in [3.63, 3.8) is 0 Å². The zero-order valence-corrected chi connectivity index (χ0v) is 13.7. The molecule has 0 spiro atoms. The highest BCUT2D eigenvalue weighted by Crippen LogP contribution is 2.24. The Balaban J connectivity index is 1.58. The fraction of sp³-hybridized carbons (Fsp3) is 0.368. The molecule has 3 aromatic rings. The van der Waals surface area contributed by atoms with E-state index in [1.165, 1.54) is 18.4 Å². The van der Waals surface area contributed by atoms with Crippen LogP contribution >= 0.6 is 0 Å². The van der Waals surface area contributed by atoms with Crippen LogP contribution in [0, 0.1) is 0 Å². The van der Waals surface area contributed by atoms with Gasteiger partial charge in [-0.1, -0.05) is 30.3 Å². The van der Waals surface area contributed by atoms with Crippen LogP contribution in [0.1, 0.15) is 24.2 Å². The molecule has 0 unspecified atom stereocenters. The number of aromatic nitrogens is 3. The molecule has 0 saturated carbocycles. The van der Waals surface area contributed by atoms with Gasteiger partial charge in [0.25, 0.3) is 0 Å². The van der Waals surface area contributed by atoms with Gasteiger partial charge in [-0.05, 0) is 37.1 Å². The Kier molecular flexibility index (Phi) is 4.28. The summed E-state index contributed by atoms with van der Waals surface area (Å²) in [5.41, 5.74) is 3.07. The van der Waals surface area contributed by atoms with Crippen LogP contribution in [0.4, 0.5) is 0 Å². The van der Waals surface area contributed by atoms with E-state index in [0.29, 0.717) is 11.9 Å². The van der Waals surface area contributed by atoms with E-state index in [1.807, 2.05) is 12.1 Å². The molecule has 1 N–H and O–H groups in total. The molecular formula is C19H22N4O. The number of hydrogen-bond acceptors (Lipinski definition) is 4. The number of fused-ring (bicyclic) bond motifs is 1. The van der Waals surface area contributed by atoms with Gasteiger partial charge < -0.3 is 9.67 Å². The van der Waals surface area contributed by atoms with Gasteiger partial charge in [0.15, 0.2) is 5.65 Å². The molecule has 1 saturated heterocycles. The second-order valence-corrected chi connectivity index (χ2v) is 6.40. The topological polar surface area (TPSA) is 54.2 Å². The fourth-order valence-electron chi connectivity index (χ4n) is 3.66. The summed E-state index contributed by atoms with van der Waals surface area (Å²) in [6.45, 7) is 2.87. The van der Waals surface area contributed by atoms with Crippen LogP contribution in [0.2, 0.25) is 0 Å². The maximum Gasteiger partial charge on any atom is 0.160 e. The number of aliphatic hydroxyl groups excluding tert-OH is 1. The fourth-order valence-corrected chi connectivity index (χ4v) is 3.66. The van der Waals surface area contributed by atoms with Crippen LogP contribution in [0.3, 0.4) is 0 Å². The molecule has 1 aliphatic rings. The van der Waals surface area contributed by atoms with Crippen molar-refractivity contribution in [2.45, 2.75) is 38.6 Å². The Morgan fingerprint density at radius 3 is 2.83 bits per heavy atom. The standard InChI is InChI=1S/C19H22N4O/c24-14-18-21-17-9-4-10-20-19(17)23(18)13-16-8-5-11-22(16)12-15-6-2-1-3-7-15/h1-4,6-7,9-10,16,24H,5,8,11-14H2/t16-/m0/s1. The van der Waals surface area contributed by atoms with Gasteiger partial charge in [0, 0.05) is 25.3 Å². The molecule has 0 aliphatic carbocycles. The van der Waals surface area contributed by atoms with Crippen LogP contribution in [0.5, 0.6) is 0 Å². The molecule has 5 nitrogen and oxygen atoms in total. The molecule has 5 heteroatoms. The van der Waals surface area contributed by atoms with E-state index in [9.17, 15) is 5.11 Å². The number of aliphatic hydroxyl groups is 1. The zero-order chi connectivity index (χ0) is 16.4. The lowest BCUT2D eigenvalue weighted by molar-refractivity contribution is 0.216. The summed E-state index contributed by atoms with van der Waals surface area (Å²) in [6, 6.07) is 14.9. The van der Waals surface area contributed by atoms with Gasteiger partial charge >= 0.3 is 0 Å². The largest absolute Gasteiger partial charge is 0.388 e. The number of imidazole rings is 1. The van der Waals surface area contributed by atoms with Crippen molar-refractivity contribution in [2.24, 2.45) is 0 Å². The molecule has 3 heterocycles. The smallest absolute Gasteiger partial charge is 0.160 e. The van der Waals surface area contributed by atoms with Crippen molar-refractivity contribution in [2.75, 3.05) is 6.54 Å². The number of nitrogens with zero attached hydrogens (tertiary/aromatic N) is 4. The highest BCUT2D eigenvalue weighted by molar-refractivity contribution is 5.71. The van der Waals surface area contributed by atoms with Gasteiger partial charge in [0.2, 0.25) is 0 Å². The lowest BCUT2D eigenvalue weighted by atomic mass is 10.2. The number of pyridine rings is 1. The predicted molar refractivity (Wildman–Crippen MR) is 93.3 cm³/mol. The average Bonchev–Trinajstić information content (AvgIpc) is 3.21. The van der Waals surface area contributed by atoms with Crippen LogP contribution < -0.4 is 0 Å². The van der Waals surface area contributed by atoms with Gasteiger partial charge in [-0.3, -0.25) is 4.90 Å². The highest BCUT2D eigenvalue weighted by atomic mass is 16.3. The van der Waals surface area contributed by atoms with E-state index >= 15 is 0 Å².